The number of fused-ring (bicyclic) bond motifs is 1. The molecular weight excluding hydrogens is 338 g/mol. The summed E-state index contributed by atoms with van der Waals surface area (Å²) in [6.07, 6.45) is 2.87. The number of pyridine rings is 1. The largest absolute Gasteiger partial charge is 0.344 e. The number of benzene rings is 1. The number of rotatable bonds is 4. The lowest BCUT2D eigenvalue weighted by Crippen LogP contribution is -2.26. The molecule has 0 bridgehead atoms. The van der Waals surface area contributed by atoms with Crippen LogP contribution in [0.3, 0.4) is 0 Å². The fourth-order valence-corrected chi connectivity index (χ4v) is 3.25. The smallest absolute Gasteiger partial charge is 0.271 e. The summed E-state index contributed by atoms with van der Waals surface area (Å²) in [7, 11) is -3.23. The monoisotopic (exact) mass is 357 g/mol. The molecule has 0 aliphatic carbocycles. The number of amides is 1. The minimum Gasteiger partial charge on any atom is -0.344 e. The van der Waals surface area contributed by atoms with Crippen LogP contribution in [0.1, 0.15) is 34.7 Å². The van der Waals surface area contributed by atoms with Crippen LogP contribution in [0.2, 0.25) is 0 Å². The molecule has 1 atom stereocenters. The summed E-state index contributed by atoms with van der Waals surface area (Å²) in [4.78, 5) is 17.0. The van der Waals surface area contributed by atoms with Crippen molar-refractivity contribution < 1.29 is 13.2 Å². The molecule has 0 fully saturated rings. The molecule has 7 heteroatoms. The van der Waals surface area contributed by atoms with E-state index in [2.05, 4.69) is 10.3 Å². The van der Waals surface area contributed by atoms with Crippen molar-refractivity contribution in [3.05, 3.63) is 65.6 Å². The van der Waals surface area contributed by atoms with Crippen LogP contribution in [-0.2, 0) is 9.84 Å². The molecule has 0 aliphatic heterocycles. The van der Waals surface area contributed by atoms with E-state index < -0.39 is 9.84 Å². The molecular formula is C18H19N3O3S. The molecule has 2 heterocycles. The van der Waals surface area contributed by atoms with Crippen molar-refractivity contribution in [3.63, 3.8) is 0 Å². The number of aromatic nitrogens is 2. The van der Waals surface area contributed by atoms with Crippen LogP contribution in [-0.4, -0.2) is 30.0 Å². The van der Waals surface area contributed by atoms with Gasteiger partial charge in [0.2, 0.25) is 0 Å². The van der Waals surface area contributed by atoms with E-state index in [1.54, 1.807) is 30.5 Å². The number of sulfone groups is 1. The predicted molar refractivity (Wildman–Crippen MR) is 95.4 cm³/mol. The number of hydrogen-bond acceptors (Lipinski definition) is 4. The number of aryl methyl sites for hydroxylation is 1. The van der Waals surface area contributed by atoms with Gasteiger partial charge in [-0.15, -0.1) is 0 Å². The Hall–Kier alpha value is -2.67. The van der Waals surface area contributed by atoms with E-state index in [0.717, 1.165) is 16.9 Å². The molecule has 2 aromatic heterocycles. The Labute approximate surface area is 146 Å². The maximum atomic E-state index is 12.5. The quantitative estimate of drug-likeness (QED) is 0.778. The summed E-state index contributed by atoms with van der Waals surface area (Å²) in [5.74, 6) is -0.275. The van der Waals surface area contributed by atoms with Gasteiger partial charge in [-0.3, -0.25) is 4.79 Å². The van der Waals surface area contributed by atoms with Crippen LogP contribution >= 0.6 is 0 Å². The second kappa shape index (κ2) is 6.33. The Balaban J connectivity index is 1.78. The lowest BCUT2D eigenvalue weighted by Gasteiger charge is -2.13. The van der Waals surface area contributed by atoms with Crippen LogP contribution in [0.5, 0.6) is 0 Å². The molecule has 0 radical (unpaired) electrons. The summed E-state index contributed by atoms with van der Waals surface area (Å²) in [6.45, 7) is 3.79. The molecule has 130 valence electrons. The van der Waals surface area contributed by atoms with E-state index in [-0.39, 0.29) is 16.8 Å². The Bertz CT molecular complexity index is 1040. The number of imidazole rings is 1. The number of nitrogens with one attached hydrogen (secondary N) is 1. The summed E-state index contributed by atoms with van der Waals surface area (Å²) >= 11 is 0. The third-order valence-corrected chi connectivity index (χ3v) is 5.21. The lowest BCUT2D eigenvalue weighted by molar-refractivity contribution is 0.0935. The van der Waals surface area contributed by atoms with Crippen molar-refractivity contribution in [3.8, 4) is 0 Å². The van der Waals surface area contributed by atoms with Crippen LogP contribution in [0.25, 0.3) is 5.65 Å². The fourth-order valence-electron chi connectivity index (χ4n) is 2.62. The van der Waals surface area contributed by atoms with Crippen LogP contribution in [0, 0.1) is 6.92 Å². The Morgan fingerprint density at radius 3 is 2.44 bits per heavy atom. The number of carbonyl (C=O) groups is 1. The van der Waals surface area contributed by atoms with E-state index in [4.69, 9.17) is 0 Å². The Morgan fingerprint density at radius 2 is 1.84 bits per heavy atom. The zero-order valence-corrected chi connectivity index (χ0v) is 15.0. The maximum Gasteiger partial charge on any atom is 0.271 e. The van der Waals surface area contributed by atoms with E-state index in [1.807, 2.05) is 36.4 Å². The van der Waals surface area contributed by atoms with Crippen LogP contribution < -0.4 is 5.32 Å². The highest BCUT2D eigenvalue weighted by Crippen LogP contribution is 2.17. The third-order valence-electron chi connectivity index (χ3n) is 4.08. The van der Waals surface area contributed by atoms with Crippen molar-refractivity contribution in [2.45, 2.75) is 24.8 Å². The number of hydrogen-bond donors (Lipinski definition) is 1. The molecule has 0 aliphatic rings. The minimum absolute atomic E-state index is 0.255. The highest BCUT2D eigenvalue weighted by Gasteiger charge is 2.16. The molecule has 3 rings (SSSR count). The first-order valence-electron chi connectivity index (χ1n) is 7.81. The molecule has 0 unspecified atom stereocenters. The van der Waals surface area contributed by atoms with Gasteiger partial charge in [-0.1, -0.05) is 18.2 Å². The first-order chi connectivity index (χ1) is 11.8. The molecule has 3 aromatic rings. The average molecular weight is 357 g/mol. The van der Waals surface area contributed by atoms with Gasteiger partial charge in [-0.05, 0) is 43.7 Å². The normalized spacial score (nSPS) is 12.9. The van der Waals surface area contributed by atoms with Crippen molar-refractivity contribution >= 4 is 21.4 Å². The van der Waals surface area contributed by atoms with Crippen LogP contribution in [0.4, 0.5) is 0 Å². The summed E-state index contributed by atoms with van der Waals surface area (Å²) in [5, 5.41) is 2.89. The van der Waals surface area contributed by atoms with E-state index >= 15 is 0 Å². The zero-order chi connectivity index (χ0) is 18.2. The standard InChI is InChI=1S/C18H19N3O3S/c1-12-5-4-6-17-20-16(11-21(12)17)18(22)19-13(2)14-7-9-15(10-8-14)25(3,23)24/h4-11,13H,1-3H3,(H,19,22)/t13-/m1/s1. The first kappa shape index (κ1) is 17.2. The zero-order valence-electron chi connectivity index (χ0n) is 14.2. The molecule has 1 N–H and O–H groups in total. The minimum atomic E-state index is -3.23. The Morgan fingerprint density at radius 1 is 1.16 bits per heavy atom. The van der Waals surface area contributed by atoms with Gasteiger partial charge in [-0.25, -0.2) is 13.4 Å². The summed E-state index contributed by atoms with van der Waals surface area (Å²) in [5.41, 5.74) is 2.87. The second-order valence-electron chi connectivity index (χ2n) is 6.06. The number of carbonyl (C=O) groups excluding carboxylic acids is 1. The van der Waals surface area contributed by atoms with E-state index in [1.165, 1.54) is 6.26 Å². The molecule has 25 heavy (non-hydrogen) atoms. The Kier molecular flexibility index (Phi) is 4.34. The van der Waals surface area contributed by atoms with Crippen molar-refractivity contribution in [1.29, 1.82) is 0 Å². The van der Waals surface area contributed by atoms with Gasteiger partial charge in [0.05, 0.1) is 10.9 Å². The highest BCUT2D eigenvalue weighted by molar-refractivity contribution is 7.90. The molecule has 1 aromatic carbocycles. The highest BCUT2D eigenvalue weighted by atomic mass is 32.2. The lowest BCUT2D eigenvalue weighted by atomic mass is 10.1. The maximum absolute atomic E-state index is 12.5. The molecule has 0 saturated carbocycles. The summed E-state index contributed by atoms with van der Waals surface area (Å²) in [6, 6.07) is 11.9. The topological polar surface area (TPSA) is 80.5 Å². The third kappa shape index (κ3) is 3.56. The van der Waals surface area contributed by atoms with Crippen molar-refractivity contribution in [1.82, 2.24) is 14.7 Å². The second-order valence-corrected chi connectivity index (χ2v) is 8.07. The van der Waals surface area contributed by atoms with Gasteiger partial charge < -0.3 is 9.72 Å². The van der Waals surface area contributed by atoms with Gasteiger partial charge in [0.1, 0.15) is 11.3 Å². The van der Waals surface area contributed by atoms with Gasteiger partial charge in [0.25, 0.3) is 5.91 Å². The van der Waals surface area contributed by atoms with Crippen molar-refractivity contribution in [2.75, 3.05) is 6.26 Å². The molecule has 6 nitrogen and oxygen atoms in total. The molecule has 1 amide bonds. The molecule has 0 saturated heterocycles. The van der Waals surface area contributed by atoms with Crippen LogP contribution in [0.15, 0.2) is 53.6 Å². The van der Waals surface area contributed by atoms with Gasteiger partial charge in [-0.2, -0.15) is 0 Å². The van der Waals surface area contributed by atoms with Crippen molar-refractivity contribution in [2.24, 2.45) is 0 Å². The number of nitrogens with zero attached hydrogens (tertiary/aromatic N) is 2. The van der Waals surface area contributed by atoms with Gasteiger partial charge >= 0.3 is 0 Å². The first-order valence-corrected chi connectivity index (χ1v) is 9.70. The molecule has 0 spiro atoms. The fraction of sp³-hybridized carbons (Fsp3) is 0.222. The van der Waals surface area contributed by atoms with Gasteiger partial charge in [0.15, 0.2) is 9.84 Å². The average Bonchev–Trinajstić information content (AvgIpc) is 3.00. The SMILES string of the molecule is Cc1cccc2nc(C(=O)N[C@H](C)c3ccc(S(C)(=O)=O)cc3)cn12. The predicted octanol–water partition coefficient (Wildman–Crippen LogP) is 2.54. The van der Waals surface area contributed by atoms with E-state index in [0.29, 0.717) is 5.69 Å². The van der Waals surface area contributed by atoms with E-state index in [9.17, 15) is 13.2 Å². The van der Waals surface area contributed by atoms with Gasteiger partial charge in [0, 0.05) is 18.1 Å². The summed E-state index contributed by atoms with van der Waals surface area (Å²) < 4.78 is 24.9.